The van der Waals surface area contributed by atoms with Crippen molar-refractivity contribution in [2.24, 2.45) is 23.2 Å². The predicted molar refractivity (Wildman–Crippen MR) is 88.2 cm³/mol. The van der Waals surface area contributed by atoms with Gasteiger partial charge in [0.2, 0.25) is 0 Å². The molecule has 0 aromatic heterocycles. The number of esters is 2. The molecular formula is C20H24O4. The minimum atomic E-state index is -0.371. The summed E-state index contributed by atoms with van der Waals surface area (Å²) in [5.74, 6) is 1.79. The van der Waals surface area contributed by atoms with E-state index in [2.05, 4.69) is 0 Å². The maximum atomic E-state index is 12.8. The van der Waals surface area contributed by atoms with Crippen molar-refractivity contribution < 1.29 is 19.1 Å². The van der Waals surface area contributed by atoms with Gasteiger partial charge >= 0.3 is 11.9 Å². The fourth-order valence-electron chi connectivity index (χ4n) is 5.57. The maximum absolute atomic E-state index is 12.8. The summed E-state index contributed by atoms with van der Waals surface area (Å²) < 4.78 is 10.4. The second kappa shape index (κ2) is 5.91. The monoisotopic (exact) mass is 328 g/mol. The Morgan fingerprint density at radius 2 is 1.71 bits per heavy atom. The lowest BCUT2D eigenvalue weighted by Gasteiger charge is -2.55. The molecule has 0 N–H and O–H groups in total. The summed E-state index contributed by atoms with van der Waals surface area (Å²) in [4.78, 5) is 24.4. The van der Waals surface area contributed by atoms with Gasteiger partial charge in [0.25, 0.3) is 0 Å². The number of methoxy groups -OCH3 is 1. The van der Waals surface area contributed by atoms with Crippen LogP contribution in [0.15, 0.2) is 24.3 Å². The van der Waals surface area contributed by atoms with Crippen LogP contribution in [0.4, 0.5) is 0 Å². The number of benzene rings is 1. The Bertz CT molecular complexity index is 628. The Morgan fingerprint density at radius 3 is 2.29 bits per heavy atom. The number of hydrogen-bond acceptors (Lipinski definition) is 4. The van der Waals surface area contributed by atoms with Gasteiger partial charge in [0, 0.05) is 0 Å². The van der Waals surface area contributed by atoms with E-state index >= 15 is 0 Å². The lowest BCUT2D eigenvalue weighted by molar-refractivity contribution is -0.172. The van der Waals surface area contributed by atoms with Crippen LogP contribution in [0.25, 0.3) is 0 Å². The van der Waals surface area contributed by atoms with E-state index in [1.165, 1.54) is 26.4 Å². The van der Waals surface area contributed by atoms with Gasteiger partial charge in [0.15, 0.2) is 0 Å². The summed E-state index contributed by atoms with van der Waals surface area (Å²) in [5, 5.41) is 0. The summed E-state index contributed by atoms with van der Waals surface area (Å²) in [6.45, 7) is 0.228. The predicted octanol–water partition coefficient (Wildman–Crippen LogP) is 3.73. The zero-order valence-corrected chi connectivity index (χ0v) is 14.1. The van der Waals surface area contributed by atoms with Gasteiger partial charge < -0.3 is 9.47 Å². The largest absolute Gasteiger partial charge is 0.465 e. The van der Waals surface area contributed by atoms with Crippen LogP contribution in [0.2, 0.25) is 0 Å². The number of carbonyl (C=O) groups is 2. The first-order valence-corrected chi connectivity index (χ1v) is 8.92. The molecular weight excluding hydrogens is 304 g/mol. The molecule has 0 saturated heterocycles. The van der Waals surface area contributed by atoms with E-state index in [1.54, 1.807) is 18.2 Å². The zero-order chi connectivity index (χ0) is 16.7. The summed E-state index contributed by atoms with van der Waals surface area (Å²) in [7, 11) is 1.36. The molecule has 128 valence electrons. The molecule has 0 aliphatic heterocycles. The van der Waals surface area contributed by atoms with E-state index in [4.69, 9.17) is 9.47 Å². The Hall–Kier alpha value is -1.84. The van der Waals surface area contributed by atoms with Gasteiger partial charge in [-0.25, -0.2) is 4.79 Å². The average Bonchev–Trinajstić information content (AvgIpc) is 2.58. The molecule has 4 fully saturated rings. The zero-order valence-electron chi connectivity index (χ0n) is 14.1. The van der Waals surface area contributed by atoms with Crippen LogP contribution in [0, 0.1) is 23.2 Å². The van der Waals surface area contributed by atoms with Crippen LogP contribution in [-0.4, -0.2) is 19.0 Å². The molecule has 0 atom stereocenters. The molecule has 5 rings (SSSR count). The highest BCUT2D eigenvalue weighted by Gasteiger charge is 2.55. The lowest BCUT2D eigenvalue weighted by atomic mass is 9.49. The van der Waals surface area contributed by atoms with E-state index in [0.717, 1.165) is 42.6 Å². The maximum Gasteiger partial charge on any atom is 0.337 e. The third-order valence-electron chi connectivity index (χ3n) is 6.19. The van der Waals surface area contributed by atoms with Crippen LogP contribution in [0.3, 0.4) is 0 Å². The SMILES string of the molecule is COC(=O)c1cccc(COC(=O)C23CC4CC(CC(C4)C2)C3)c1. The van der Waals surface area contributed by atoms with Gasteiger partial charge in [-0.05, 0) is 74.0 Å². The van der Waals surface area contributed by atoms with Crippen molar-refractivity contribution in [1.29, 1.82) is 0 Å². The molecule has 4 aliphatic rings. The highest BCUT2D eigenvalue weighted by Crippen LogP contribution is 2.60. The highest BCUT2D eigenvalue weighted by molar-refractivity contribution is 5.89. The summed E-state index contributed by atoms with van der Waals surface area (Å²) in [5.41, 5.74) is 1.09. The Labute approximate surface area is 142 Å². The normalized spacial score (nSPS) is 33.3. The number of ether oxygens (including phenoxy) is 2. The summed E-state index contributed by atoms with van der Waals surface area (Å²) >= 11 is 0. The van der Waals surface area contributed by atoms with Gasteiger partial charge in [0.05, 0.1) is 18.1 Å². The molecule has 0 heterocycles. The van der Waals surface area contributed by atoms with Crippen molar-refractivity contribution in [1.82, 2.24) is 0 Å². The molecule has 4 saturated carbocycles. The van der Waals surface area contributed by atoms with Crippen LogP contribution in [0.5, 0.6) is 0 Å². The minimum Gasteiger partial charge on any atom is -0.465 e. The quantitative estimate of drug-likeness (QED) is 0.790. The Morgan fingerprint density at radius 1 is 1.08 bits per heavy atom. The van der Waals surface area contributed by atoms with Gasteiger partial charge in [-0.15, -0.1) is 0 Å². The minimum absolute atomic E-state index is 0.0231. The Kier molecular flexibility index (Phi) is 3.86. The van der Waals surface area contributed by atoms with Crippen molar-refractivity contribution in [2.45, 2.75) is 45.1 Å². The third kappa shape index (κ3) is 2.72. The van der Waals surface area contributed by atoms with Crippen LogP contribution >= 0.6 is 0 Å². The van der Waals surface area contributed by atoms with E-state index in [0.29, 0.717) is 5.56 Å². The lowest BCUT2D eigenvalue weighted by Crippen LogP contribution is -2.50. The second-order valence-electron chi connectivity index (χ2n) is 7.97. The summed E-state index contributed by atoms with van der Waals surface area (Å²) in [6.07, 6.45) is 6.98. The van der Waals surface area contributed by atoms with Crippen LogP contribution in [-0.2, 0) is 20.9 Å². The molecule has 24 heavy (non-hydrogen) atoms. The molecule has 4 heteroatoms. The fourth-order valence-corrected chi connectivity index (χ4v) is 5.57. The Balaban J connectivity index is 1.43. The van der Waals surface area contributed by atoms with Gasteiger partial charge in [-0.1, -0.05) is 12.1 Å². The molecule has 0 amide bonds. The first-order chi connectivity index (χ1) is 11.6. The topological polar surface area (TPSA) is 52.6 Å². The first-order valence-electron chi connectivity index (χ1n) is 8.92. The number of hydrogen-bond donors (Lipinski definition) is 0. The van der Waals surface area contributed by atoms with E-state index in [9.17, 15) is 9.59 Å². The van der Waals surface area contributed by atoms with Crippen LogP contribution < -0.4 is 0 Å². The van der Waals surface area contributed by atoms with Crippen molar-refractivity contribution in [2.75, 3.05) is 7.11 Å². The van der Waals surface area contributed by atoms with Gasteiger partial charge in [-0.2, -0.15) is 0 Å². The molecule has 1 aromatic carbocycles. The van der Waals surface area contributed by atoms with Crippen molar-refractivity contribution in [3.05, 3.63) is 35.4 Å². The van der Waals surface area contributed by atoms with E-state index in [-0.39, 0.29) is 24.0 Å². The standard InChI is InChI=1S/C20H24O4/c1-23-18(21)17-4-2-3-13(8-17)12-24-19(22)20-9-14-5-15(10-20)7-16(6-14)11-20/h2-4,8,14-16H,5-7,9-12H2,1H3. The van der Waals surface area contributed by atoms with Crippen molar-refractivity contribution in [3.8, 4) is 0 Å². The fraction of sp³-hybridized carbons (Fsp3) is 0.600. The van der Waals surface area contributed by atoms with Gasteiger partial charge in [-0.3, -0.25) is 4.79 Å². The molecule has 1 aromatic rings. The van der Waals surface area contributed by atoms with E-state index in [1.807, 2.05) is 6.07 Å². The molecule has 4 aliphatic carbocycles. The molecule has 4 nitrogen and oxygen atoms in total. The number of rotatable bonds is 4. The number of carbonyl (C=O) groups excluding carboxylic acids is 2. The van der Waals surface area contributed by atoms with Crippen molar-refractivity contribution in [3.63, 3.8) is 0 Å². The smallest absolute Gasteiger partial charge is 0.337 e. The average molecular weight is 328 g/mol. The van der Waals surface area contributed by atoms with Crippen LogP contribution in [0.1, 0.15) is 54.4 Å². The van der Waals surface area contributed by atoms with Gasteiger partial charge in [0.1, 0.15) is 6.61 Å². The summed E-state index contributed by atoms with van der Waals surface area (Å²) in [6, 6.07) is 7.11. The molecule has 0 radical (unpaired) electrons. The third-order valence-corrected chi connectivity index (χ3v) is 6.19. The first kappa shape index (κ1) is 15.7. The van der Waals surface area contributed by atoms with Crippen molar-refractivity contribution >= 4 is 11.9 Å². The molecule has 0 spiro atoms. The molecule has 0 unspecified atom stereocenters. The molecule has 4 bridgehead atoms. The van der Waals surface area contributed by atoms with E-state index < -0.39 is 0 Å². The highest BCUT2D eigenvalue weighted by atomic mass is 16.5. The second-order valence-corrected chi connectivity index (χ2v) is 7.97.